The average Bonchev–Trinajstić information content (AvgIpc) is 3.23. The smallest absolute Gasteiger partial charge is 0.243 e. The monoisotopic (exact) mass is 417 g/mol. The number of nitrogens with zero attached hydrogens (tertiary/aromatic N) is 1. The van der Waals surface area contributed by atoms with Crippen molar-refractivity contribution in [2.24, 2.45) is 0 Å². The number of hydrogen-bond donors (Lipinski definition) is 2. The van der Waals surface area contributed by atoms with Crippen LogP contribution in [0, 0.1) is 0 Å². The Kier molecular flexibility index (Phi) is 6.77. The molecule has 0 saturated carbocycles. The van der Waals surface area contributed by atoms with E-state index in [2.05, 4.69) is 10.6 Å². The molecule has 8 heteroatoms. The zero-order valence-electron chi connectivity index (χ0n) is 15.4. The molecule has 1 heterocycles. The summed E-state index contributed by atoms with van der Waals surface area (Å²) in [5, 5.41) is 5.67. The number of hydrogen-bond acceptors (Lipinski definition) is 4. The van der Waals surface area contributed by atoms with E-state index < -0.39 is 10.0 Å². The first-order chi connectivity index (χ1) is 13.4. The molecule has 1 saturated heterocycles. The Hall–Kier alpha value is -2.29. The third-order valence-electron chi connectivity index (χ3n) is 4.53. The van der Waals surface area contributed by atoms with Crippen LogP contribution in [-0.4, -0.2) is 36.8 Å². The first-order valence-electron chi connectivity index (χ1n) is 9.20. The van der Waals surface area contributed by atoms with Gasteiger partial charge in [0.25, 0.3) is 0 Å². The van der Waals surface area contributed by atoms with Crippen molar-refractivity contribution in [2.75, 3.05) is 18.4 Å². The maximum atomic E-state index is 12.7. The topological polar surface area (TPSA) is 78.5 Å². The van der Waals surface area contributed by atoms with Crippen molar-refractivity contribution in [1.29, 1.82) is 0 Å². The Morgan fingerprint density at radius 3 is 2.46 bits per heavy atom. The van der Waals surface area contributed by atoms with E-state index in [-0.39, 0.29) is 15.9 Å². The number of rotatable bonds is 6. The maximum absolute atomic E-state index is 12.7. The van der Waals surface area contributed by atoms with Gasteiger partial charge in [-0.3, -0.25) is 4.79 Å². The van der Waals surface area contributed by atoms with Gasteiger partial charge in [0.15, 0.2) is 5.11 Å². The number of anilines is 1. The van der Waals surface area contributed by atoms with Gasteiger partial charge in [0.1, 0.15) is 0 Å². The fourth-order valence-corrected chi connectivity index (χ4v) is 4.86. The number of thiocarbonyl (C=S) groups is 1. The lowest BCUT2D eigenvalue weighted by molar-refractivity contribution is -0.119. The summed E-state index contributed by atoms with van der Waals surface area (Å²) in [5.41, 5.74) is 1.60. The van der Waals surface area contributed by atoms with E-state index in [1.165, 1.54) is 10.4 Å². The maximum Gasteiger partial charge on any atom is 0.243 e. The Morgan fingerprint density at radius 1 is 1.04 bits per heavy atom. The molecule has 0 aliphatic carbocycles. The number of amides is 1. The van der Waals surface area contributed by atoms with Gasteiger partial charge in [0.05, 0.1) is 4.90 Å². The summed E-state index contributed by atoms with van der Waals surface area (Å²) >= 11 is 5.18. The molecule has 2 N–H and O–H groups in total. The standard InChI is InChI=1S/C20H23N3O3S2/c24-19(12-11-16-7-2-1-3-8-16)22-20(27)21-17-9-6-10-18(15-17)28(25,26)23-13-4-5-14-23/h1-3,6-10,15H,4-5,11-14H2,(H2,21,22,24,27). The Morgan fingerprint density at radius 2 is 1.75 bits per heavy atom. The Balaban J connectivity index is 1.56. The Labute approximate surface area is 171 Å². The molecule has 148 valence electrons. The van der Waals surface area contributed by atoms with Crippen LogP contribution in [0.25, 0.3) is 0 Å². The number of nitrogens with one attached hydrogen (secondary N) is 2. The van der Waals surface area contributed by atoms with E-state index in [1.54, 1.807) is 18.2 Å². The molecule has 1 aliphatic rings. The molecule has 6 nitrogen and oxygen atoms in total. The highest BCUT2D eigenvalue weighted by Crippen LogP contribution is 2.23. The highest BCUT2D eigenvalue weighted by atomic mass is 32.2. The summed E-state index contributed by atoms with van der Waals surface area (Å²) in [4.78, 5) is 12.3. The van der Waals surface area contributed by atoms with Crippen molar-refractivity contribution in [3.05, 3.63) is 60.2 Å². The quantitative estimate of drug-likeness (QED) is 0.707. The predicted octanol–water partition coefficient (Wildman–Crippen LogP) is 2.92. The lowest BCUT2D eigenvalue weighted by Crippen LogP contribution is -2.34. The van der Waals surface area contributed by atoms with Gasteiger partial charge in [-0.05, 0) is 55.2 Å². The third-order valence-corrected chi connectivity index (χ3v) is 6.63. The lowest BCUT2D eigenvalue weighted by Gasteiger charge is -2.16. The number of sulfonamides is 1. The fourth-order valence-electron chi connectivity index (χ4n) is 3.07. The second kappa shape index (κ2) is 9.27. The summed E-state index contributed by atoms with van der Waals surface area (Å²) in [7, 11) is -3.50. The van der Waals surface area contributed by atoms with E-state index in [9.17, 15) is 13.2 Å². The molecule has 1 amide bonds. The van der Waals surface area contributed by atoms with Gasteiger partial charge in [-0.15, -0.1) is 0 Å². The molecule has 2 aromatic rings. The van der Waals surface area contributed by atoms with Crippen LogP contribution in [0.4, 0.5) is 5.69 Å². The minimum atomic E-state index is -3.50. The van der Waals surface area contributed by atoms with E-state index in [4.69, 9.17) is 12.2 Å². The third kappa shape index (κ3) is 5.37. The van der Waals surface area contributed by atoms with Crippen LogP contribution in [0.2, 0.25) is 0 Å². The van der Waals surface area contributed by atoms with Crippen molar-refractivity contribution < 1.29 is 13.2 Å². The molecular weight excluding hydrogens is 394 g/mol. The zero-order valence-corrected chi connectivity index (χ0v) is 17.1. The normalized spacial score (nSPS) is 14.6. The zero-order chi connectivity index (χ0) is 20.0. The highest BCUT2D eigenvalue weighted by molar-refractivity contribution is 7.89. The van der Waals surface area contributed by atoms with Crippen molar-refractivity contribution in [3.8, 4) is 0 Å². The number of carbonyl (C=O) groups excluding carboxylic acids is 1. The van der Waals surface area contributed by atoms with E-state index in [0.717, 1.165) is 18.4 Å². The minimum Gasteiger partial charge on any atom is -0.332 e. The van der Waals surface area contributed by atoms with E-state index in [0.29, 0.717) is 31.6 Å². The van der Waals surface area contributed by atoms with Gasteiger partial charge in [0, 0.05) is 25.2 Å². The van der Waals surface area contributed by atoms with Gasteiger partial charge >= 0.3 is 0 Å². The van der Waals surface area contributed by atoms with Gasteiger partial charge in [-0.2, -0.15) is 4.31 Å². The van der Waals surface area contributed by atoms with Crippen molar-refractivity contribution in [1.82, 2.24) is 9.62 Å². The van der Waals surface area contributed by atoms with E-state index >= 15 is 0 Å². The molecule has 0 aromatic heterocycles. The SMILES string of the molecule is O=C(CCc1ccccc1)NC(=S)Nc1cccc(S(=O)(=O)N2CCCC2)c1. The molecule has 0 spiro atoms. The molecule has 0 unspecified atom stereocenters. The minimum absolute atomic E-state index is 0.147. The van der Waals surface area contributed by atoms with Crippen molar-refractivity contribution >= 4 is 38.9 Å². The van der Waals surface area contributed by atoms with Crippen LogP contribution < -0.4 is 10.6 Å². The summed E-state index contributed by atoms with van der Waals surface area (Å²) in [6.07, 6.45) is 2.71. The van der Waals surface area contributed by atoms with E-state index in [1.807, 2.05) is 30.3 Å². The van der Waals surface area contributed by atoms with Crippen LogP contribution >= 0.6 is 12.2 Å². The van der Waals surface area contributed by atoms with Gasteiger partial charge in [-0.25, -0.2) is 8.42 Å². The second-order valence-corrected chi connectivity index (χ2v) is 8.97. The number of carbonyl (C=O) groups is 1. The fraction of sp³-hybridized carbons (Fsp3) is 0.300. The van der Waals surface area contributed by atoms with Crippen LogP contribution in [-0.2, 0) is 21.2 Å². The van der Waals surface area contributed by atoms with Crippen LogP contribution in [0.5, 0.6) is 0 Å². The Bertz CT molecular complexity index is 940. The lowest BCUT2D eigenvalue weighted by atomic mass is 10.1. The first-order valence-corrected chi connectivity index (χ1v) is 11.0. The average molecular weight is 418 g/mol. The molecule has 0 atom stereocenters. The number of benzene rings is 2. The predicted molar refractivity (Wildman–Crippen MR) is 114 cm³/mol. The summed E-state index contributed by atoms with van der Waals surface area (Å²) < 4.78 is 26.8. The molecule has 0 bridgehead atoms. The van der Waals surface area contributed by atoms with Crippen LogP contribution in [0.15, 0.2) is 59.5 Å². The molecular formula is C20H23N3O3S2. The van der Waals surface area contributed by atoms with Gasteiger partial charge in [0.2, 0.25) is 15.9 Å². The van der Waals surface area contributed by atoms with Crippen LogP contribution in [0.3, 0.4) is 0 Å². The first kappa shape index (κ1) is 20.4. The number of aryl methyl sites for hydroxylation is 1. The van der Waals surface area contributed by atoms with Crippen LogP contribution in [0.1, 0.15) is 24.8 Å². The van der Waals surface area contributed by atoms with Crippen molar-refractivity contribution in [3.63, 3.8) is 0 Å². The molecule has 3 rings (SSSR count). The van der Waals surface area contributed by atoms with Gasteiger partial charge in [-0.1, -0.05) is 36.4 Å². The highest BCUT2D eigenvalue weighted by Gasteiger charge is 2.27. The van der Waals surface area contributed by atoms with Crippen molar-refractivity contribution in [2.45, 2.75) is 30.6 Å². The molecule has 2 aromatic carbocycles. The second-order valence-electron chi connectivity index (χ2n) is 6.63. The molecule has 1 fully saturated rings. The van der Waals surface area contributed by atoms with Gasteiger partial charge < -0.3 is 10.6 Å². The molecule has 28 heavy (non-hydrogen) atoms. The molecule has 1 aliphatic heterocycles. The summed E-state index contributed by atoms with van der Waals surface area (Å²) in [5.74, 6) is -0.192. The summed E-state index contributed by atoms with van der Waals surface area (Å²) in [6.45, 7) is 1.10. The molecule has 0 radical (unpaired) electrons. The summed E-state index contributed by atoms with van der Waals surface area (Å²) in [6, 6.07) is 16.2. The largest absolute Gasteiger partial charge is 0.332 e.